The first-order valence-corrected chi connectivity index (χ1v) is 6.90. The molecule has 0 aliphatic heterocycles. The van der Waals surface area contributed by atoms with E-state index in [4.69, 9.17) is 4.43 Å². The smallest absolute Gasteiger partial charge is 0.251 e. The van der Waals surface area contributed by atoms with Crippen molar-refractivity contribution < 1.29 is 4.43 Å². The van der Waals surface area contributed by atoms with Gasteiger partial charge in [-0.3, -0.25) is 0 Å². The summed E-state index contributed by atoms with van der Waals surface area (Å²) >= 11 is 0. The molecule has 0 fully saturated rings. The molecule has 0 aromatic rings. The van der Waals surface area contributed by atoms with Gasteiger partial charge in [0.05, 0.1) is 6.26 Å². The quantitative estimate of drug-likeness (QED) is 0.337. The van der Waals surface area contributed by atoms with Crippen molar-refractivity contribution in [3.05, 3.63) is 25.5 Å². The molecular weight excluding hydrogens is 152 g/mol. The van der Waals surface area contributed by atoms with Gasteiger partial charge in [-0.25, -0.2) is 0 Å². The topological polar surface area (TPSA) is 9.23 Å². The highest BCUT2D eigenvalue weighted by Crippen LogP contribution is 2.19. The van der Waals surface area contributed by atoms with E-state index in [9.17, 15) is 0 Å². The fourth-order valence-electron chi connectivity index (χ4n) is 1.24. The molecule has 0 N–H and O–H groups in total. The fourth-order valence-corrected chi connectivity index (χ4v) is 3.73. The first-order valence-electron chi connectivity index (χ1n) is 4.08. The molecule has 0 radical (unpaired) electrons. The summed E-state index contributed by atoms with van der Waals surface area (Å²) in [4.78, 5) is 0. The fraction of sp³-hybridized carbons (Fsp3) is 0.556. The molecule has 0 saturated carbocycles. The standard InChI is InChI=1S/C9H18OSi/c1-5-8-11(4,9-6-2)10-7-3/h5,7H,1,3,6,8-9H2,2,4H3. The second kappa shape index (κ2) is 5.19. The minimum Gasteiger partial charge on any atom is -0.549 e. The molecule has 0 aromatic carbocycles. The maximum atomic E-state index is 5.54. The number of hydrogen-bond donors (Lipinski definition) is 0. The van der Waals surface area contributed by atoms with E-state index in [1.54, 1.807) is 6.26 Å². The molecule has 0 spiro atoms. The van der Waals surface area contributed by atoms with Gasteiger partial charge in [-0.1, -0.05) is 26.0 Å². The van der Waals surface area contributed by atoms with Crippen LogP contribution >= 0.6 is 0 Å². The highest BCUT2D eigenvalue weighted by atomic mass is 28.4. The van der Waals surface area contributed by atoms with Crippen molar-refractivity contribution in [3.8, 4) is 0 Å². The Morgan fingerprint density at radius 3 is 2.45 bits per heavy atom. The van der Waals surface area contributed by atoms with Crippen LogP contribution in [0, 0.1) is 0 Å². The Morgan fingerprint density at radius 2 is 2.09 bits per heavy atom. The Morgan fingerprint density at radius 1 is 1.45 bits per heavy atom. The Labute approximate surface area is 70.9 Å². The SMILES string of the molecule is C=CC[Si](C)(CCC)OC=C. The molecule has 0 bridgehead atoms. The molecule has 1 nitrogen and oxygen atoms in total. The van der Waals surface area contributed by atoms with Gasteiger partial charge in [0.15, 0.2) is 0 Å². The average molecular weight is 170 g/mol. The van der Waals surface area contributed by atoms with Gasteiger partial charge in [0.2, 0.25) is 0 Å². The van der Waals surface area contributed by atoms with Gasteiger partial charge in [-0.2, -0.15) is 0 Å². The molecule has 2 heteroatoms. The van der Waals surface area contributed by atoms with Gasteiger partial charge in [0, 0.05) is 0 Å². The first-order chi connectivity index (χ1) is 5.18. The third-order valence-electron chi connectivity index (χ3n) is 1.72. The van der Waals surface area contributed by atoms with Gasteiger partial charge < -0.3 is 4.43 Å². The Hall–Kier alpha value is -0.503. The maximum absolute atomic E-state index is 5.54. The zero-order valence-corrected chi connectivity index (χ0v) is 8.60. The van der Waals surface area contributed by atoms with Crippen molar-refractivity contribution in [1.29, 1.82) is 0 Å². The molecule has 1 unspecified atom stereocenters. The van der Waals surface area contributed by atoms with Gasteiger partial charge in [-0.15, -0.1) is 6.58 Å². The van der Waals surface area contributed by atoms with Crippen molar-refractivity contribution in [2.24, 2.45) is 0 Å². The first kappa shape index (κ1) is 10.5. The summed E-state index contributed by atoms with van der Waals surface area (Å²) in [6.07, 6.45) is 4.71. The summed E-state index contributed by atoms with van der Waals surface area (Å²) in [5.74, 6) is 0. The molecule has 0 saturated heterocycles. The molecule has 0 aliphatic rings. The molecule has 1 atom stereocenters. The van der Waals surface area contributed by atoms with E-state index in [2.05, 4.69) is 26.6 Å². The van der Waals surface area contributed by atoms with E-state index in [0.717, 1.165) is 6.04 Å². The molecular formula is C9H18OSi. The van der Waals surface area contributed by atoms with E-state index >= 15 is 0 Å². The summed E-state index contributed by atoms with van der Waals surface area (Å²) in [5.41, 5.74) is 0. The lowest BCUT2D eigenvalue weighted by atomic mass is 10.6. The third-order valence-corrected chi connectivity index (χ3v) is 5.17. The molecule has 0 aliphatic carbocycles. The van der Waals surface area contributed by atoms with Crippen LogP contribution in [0.3, 0.4) is 0 Å². The molecule has 0 aromatic heterocycles. The van der Waals surface area contributed by atoms with Crippen molar-refractivity contribution in [1.82, 2.24) is 0 Å². The lowest BCUT2D eigenvalue weighted by Crippen LogP contribution is -2.31. The number of rotatable bonds is 6. The zero-order valence-electron chi connectivity index (χ0n) is 7.60. The second-order valence-electron chi connectivity index (χ2n) is 2.98. The molecule has 11 heavy (non-hydrogen) atoms. The van der Waals surface area contributed by atoms with Crippen LogP contribution in [0.1, 0.15) is 13.3 Å². The van der Waals surface area contributed by atoms with Crippen LogP contribution in [0.25, 0.3) is 0 Å². The lowest BCUT2D eigenvalue weighted by Gasteiger charge is -2.23. The predicted molar refractivity (Wildman–Crippen MR) is 53.0 cm³/mol. The average Bonchev–Trinajstić information content (AvgIpc) is 1.88. The molecule has 0 heterocycles. The van der Waals surface area contributed by atoms with Crippen molar-refractivity contribution in [2.75, 3.05) is 0 Å². The maximum Gasteiger partial charge on any atom is 0.251 e. The predicted octanol–water partition coefficient (Wildman–Crippen LogP) is 3.32. The van der Waals surface area contributed by atoms with Crippen molar-refractivity contribution in [3.63, 3.8) is 0 Å². The Kier molecular flexibility index (Phi) is 4.95. The van der Waals surface area contributed by atoms with Crippen LogP contribution in [-0.2, 0) is 4.43 Å². The summed E-state index contributed by atoms with van der Waals surface area (Å²) < 4.78 is 5.54. The molecule has 0 rings (SSSR count). The number of hydrogen-bond acceptors (Lipinski definition) is 1. The summed E-state index contributed by atoms with van der Waals surface area (Å²) in [7, 11) is -1.49. The largest absolute Gasteiger partial charge is 0.549 e. The normalized spacial score (nSPS) is 15.1. The van der Waals surface area contributed by atoms with E-state index in [-0.39, 0.29) is 0 Å². The van der Waals surface area contributed by atoms with Crippen LogP contribution in [-0.4, -0.2) is 8.32 Å². The van der Waals surface area contributed by atoms with Crippen LogP contribution in [0.15, 0.2) is 25.5 Å². The van der Waals surface area contributed by atoms with Crippen molar-refractivity contribution in [2.45, 2.75) is 32.0 Å². The summed E-state index contributed by atoms with van der Waals surface area (Å²) in [5, 5.41) is 0. The van der Waals surface area contributed by atoms with Gasteiger partial charge in [0.25, 0.3) is 8.32 Å². The molecule has 0 amide bonds. The Bertz CT molecular complexity index is 122. The van der Waals surface area contributed by atoms with Crippen LogP contribution < -0.4 is 0 Å². The lowest BCUT2D eigenvalue weighted by molar-refractivity contribution is 0.467. The van der Waals surface area contributed by atoms with E-state index in [1.807, 2.05) is 6.08 Å². The van der Waals surface area contributed by atoms with Gasteiger partial charge >= 0.3 is 0 Å². The van der Waals surface area contributed by atoms with E-state index in [0.29, 0.717) is 0 Å². The number of allylic oxidation sites excluding steroid dienone is 1. The monoisotopic (exact) mass is 170 g/mol. The molecule has 64 valence electrons. The summed E-state index contributed by atoms with van der Waals surface area (Å²) in [6.45, 7) is 11.7. The second-order valence-corrected chi connectivity index (χ2v) is 7.02. The van der Waals surface area contributed by atoms with Crippen LogP contribution in [0.4, 0.5) is 0 Å². The van der Waals surface area contributed by atoms with E-state index < -0.39 is 8.32 Å². The highest BCUT2D eigenvalue weighted by molar-refractivity contribution is 6.73. The highest BCUT2D eigenvalue weighted by Gasteiger charge is 2.26. The van der Waals surface area contributed by atoms with Gasteiger partial charge in [0.1, 0.15) is 0 Å². The third kappa shape index (κ3) is 4.04. The van der Waals surface area contributed by atoms with Crippen LogP contribution in [0.5, 0.6) is 0 Å². The zero-order chi connectivity index (χ0) is 8.74. The van der Waals surface area contributed by atoms with E-state index in [1.165, 1.54) is 12.5 Å². The van der Waals surface area contributed by atoms with Crippen LogP contribution in [0.2, 0.25) is 18.6 Å². The Balaban J connectivity index is 3.98. The summed E-state index contributed by atoms with van der Waals surface area (Å²) in [6, 6.07) is 2.21. The van der Waals surface area contributed by atoms with Crippen molar-refractivity contribution >= 4 is 8.32 Å². The minimum atomic E-state index is -1.49. The minimum absolute atomic E-state index is 1.02. The van der Waals surface area contributed by atoms with Gasteiger partial charge in [-0.05, 0) is 18.6 Å².